The summed E-state index contributed by atoms with van der Waals surface area (Å²) in [5, 5.41) is 19.9. The first-order chi connectivity index (χ1) is 11.9. The van der Waals surface area contributed by atoms with Gasteiger partial charge in [-0.1, -0.05) is 35.9 Å². The summed E-state index contributed by atoms with van der Waals surface area (Å²) in [5.74, 6) is -0.597. The van der Waals surface area contributed by atoms with Crippen LogP contribution in [0.25, 0.3) is 12.2 Å². The quantitative estimate of drug-likeness (QED) is 0.363. The number of hydrogen-bond donors (Lipinski definition) is 2. The zero-order chi connectivity index (χ0) is 18.4. The van der Waals surface area contributed by atoms with E-state index in [4.69, 9.17) is 0 Å². The number of rotatable bonds is 5. The van der Waals surface area contributed by atoms with Gasteiger partial charge in [-0.3, -0.25) is 0 Å². The molecule has 0 aliphatic rings. The Kier molecular flexibility index (Phi) is 6.01. The summed E-state index contributed by atoms with van der Waals surface area (Å²) in [6.07, 6.45) is 6.26. The topological polar surface area (TPSA) is 66.8 Å². The number of ether oxygens (including phenoxy) is 1. The van der Waals surface area contributed by atoms with Gasteiger partial charge in [0, 0.05) is 5.56 Å². The zero-order valence-electron chi connectivity index (χ0n) is 14.6. The van der Waals surface area contributed by atoms with E-state index in [1.807, 2.05) is 50.3 Å². The van der Waals surface area contributed by atoms with Crippen molar-refractivity contribution in [1.29, 1.82) is 0 Å². The largest absolute Gasteiger partial charge is 0.504 e. The van der Waals surface area contributed by atoms with Gasteiger partial charge in [-0.15, -0.1) is 0 Å². The van der Waals surface area contributed by atoms with E-state index in [9.17, 15) is 15.0 Å². The molecule has 0 saturated heterocycles. The molecule has 0 aromatic heterocycles. The second-order valence-electron chi connectivity index (χ2n) is 5.98. The number of aromatic hydroxyl groups is 2. The lowest BCUT2D eigenvalue weighted by molar-refractivity contribution is 0.0600. The maximum absolute atomic E-state index is 11.4. The highest BCUT2D eigenvalue weighted by molar-refractivity contribution is 5.89. The van der Waals surface area contributed by atoms with E-state index in [0.29, 0.717) is 17.5 Å². The molecule has 0 aliphatic carbocycles. The Hall–Kier alpha value is -3.01. The normalized spacial score (nSPS) is 10.7. The van der Waals surface area contributed by atoms with Crippen molar-refractivity contribution in [2.45, 2.75) is 20.3 Å². The Labute approximate surface area is 147 Å². The van der Waals surface area contributed by atoms with E-state index >= 15 is 0 Å². The number of phenolic OH excluding ortho intramolecular Hbond substituents is 2. The molecule has 2 N–H and O–H groups in total. The van der Waals surface area contributed by atoms with E-state index < -0.39 is 0 Å². The maximum Gasteiger partial charge on any atom is 0.337 e. The fraction of sp³-hybridized carbons (Fsp3) is 0.190. The lowest BCUT2D eigenvalue weighted by Crippen LogP contribution is -2.00. The molecule has 4 heteroatoms. The van der Waals surface area contributed by atoms with Gasteiger partial charge in [0.1, 0.15) is 0 Å². The summed E-state index contributed by atoms with van der Waals surface area (Å²) < 4.78 is 4.67. The van der Waals surface area contributed by atoms with Crippen LogP contribution in [0.3, 0.4) is 0 Å². The summed E-state index contributed by atoms with van der Waals surface area (Å²) in [6, 6.07) is 10.4. The first kappa shape index (κ1) is 18.3. The Bertz CT molecular complexity index is 811. The van der Waals surface area contributed by atoms with E-state index in [0.717, 1.165) is 16.7 Å². The van der Waals surface area contributed by atoms with Crippen LogP contribution in [0.2, 0.25) is 0 Å². The molecule has 0 bridgehead atoms. The number of benzene rings is 2. The first-order valence-electron chi connectivity index (χ1n) is 7.95. The molecule has 2 aromatic carbocycles. The molecule has 2 rings (SSSR count). The summed E-state index contributed by atoms with van der Waals surface area (Å²) in [5.41, 5.74) is 3.99. The summed E-state index contributed by atoms with van der Waals surface area (Å²) >= 11 is 0. The molecule has 25 heavy (non-hydrogen) atoms. The minimum absolute atomic E-state index is 0.0860. The van der Waals surface area contributed by atoms with Crippen molar-refractivity contribution >= 4 is 18.1 Å². The van der Waals surface area contributed by atoms with Crippen LogP contribution in [0.1, 0.15) is 40.9 Å². The third-order valence-corrected chi connectivity index (χ3v) is 3.72. The number of phenols is 2. The minimum atomic E-state index is -0.372. The van der Waals surface area contributed by atoms with Crippen LogP contribution in [0.4, 0.5) is 0 Å². The van der Waals surface area contributed by atoms with Crippen LogP contribution in [0.5, 0.6) is 11.5 Å². The van der Waals surface area contributed by atoms with Crippen LogP contribution in [-0.4, -0.2) is 23.3 Å². The number of carbonyl (C=O) groups is 1. The fourth-order valence-corrected chi connectivity index (χ4v) is 2.31. The van der Waals surface area contributed by atoms with Crippen molar-refractivity contribution in [3.63, 3.8) is 0 Å². The van der Waals surface area contributed by atoms with Gasteiger partial charge in [-0.2, -0.15) is 0 Å². The lowest BCUT2D eigenvalue weighted by Gasteiger charge is -2.07. The molecule has 0 spiro atoms. The predicted molar refractivity (Wildman–Crippen MR) is 99.6 cm³/mol. The number of esters is 1. The molecule has 4 nitrogen and oxygen atoms in total. The van der Waals surface area contributed by atoms with Gasteiger partial charge in [0.2, 0.25) is 0 Å². The smallest absolute Gasteiger partial charge is 0.337 e. The van der Waals surface area contributed by atoms with Crippen LogP contribution < -0.4 is 0 Å². The summed E-state index contributed by atoms with van der Waals surface area (Å²) in [6.45, 7) is 3.97. The van der Waals surface area contributed by atoms with Crippen LogP contribution in [0, 0.1) is 0 Å². The summed E-state index contributed by atoms with van der Waals surface area (Å²) in [7, 11) is 1.35. The Morgan fingerprint density at radius 2 is 1.68 bits per heavy atom. The maximum atomic E-state index is 11.4. The van der Waals surface area contributed by atoms with E-state index in [2.05, 4.69) is 4.74 Å². The molecule has 0 heterocycles. The molecule has 0 aliphatic heterocycles. The molecule has 0 fully saturated rings. The van der Waals surface area contributed by atoms with Gasteiger partial charge < -0.3 is 14.9 Å². The van der Waals surface area contributed by atoms with Gasteiger partial charge in [0.05, 0.1) is 12.7 Å². The molecular formula is C21H22O4. The van der Waals surface area contributed by atoms with Crippen molar-refractivity contribution in [2.24, 2.45) is 0 Å². The molecule has 0 radical (unpaired) electrons. The number of carbonyl (C=O) groups excluding carboxylic acids is 1. The first-order valence-corrected chi connectivity index (χ1v) is 7.95. The van der Waals surface area contributed by atoms with Crippen molar-refractivity contribution < 1.29 is 19.7 Å². The van der Waals surface area contributed by atoms with Gasteiger partial charge in [0.25, 0.3) is 0 Å². The van der Waals surface area contributed by atoms with Crippen molar-refractivity contribution in [3.05, 3.63) is 70.3 Å². The predicted octanol–water partition coefficient (Wildman–Crippen LogP) is 4.56. The molecule has 130 valence electrons. The highest BCUT2D eigenvalue weighted by Gasteiger charge is 2.07. The van der Waals surface area contributed by atoms with E-state index in [-0.39, 0.29) is 17.5 Å². The van der Waals surface area contributed by atoms with Crippen LogP contribution in [-0.2, 0) is 11.2 Å². The Balaban J connectivity index is 2.23. The molecule has 0 atom stereocenters. The van der Waals surface area contributed by atoms with E-state index in [1.54, 1.807) is 12.1 Å². The fourth-order valence-electron chi connectivity index (χ4n) is 2.31. The SMILES string of the molecule is COC(=O)c1ccc(/C=C/c2cc(O)c(O)c(CC=C(C)C)c2)cc1. The van der Waals surface area contributed by atoms with Crippen LogP contribution in [0.15, 0.2) is 48.0 Å². The molecule has 2 aromatic rings. The zero-order valence-corrected chi connectivity index (χ0v) is 14.6. The Morgan fingerprint density at radius 3 is 2.28 bits per heavy atom. The standard InChI is InChI=1S/C21H22O4/c1-14(2)4-9-18-12-16(13-19(22)20(18)23)6-5-15-7-10-17(11-8-15)21(24)25-3/h4-8,10-13,22-23H,9H2,1-3H3/b6-5+. The van der Waals surface area contributed by atoms with Gasteiger partial charge in [-0.25, -0.2) is 4.79 Å². The molecular weight excluding hydrogens is 316 g/mol. The second-order valence-corrected chi connectivity index (χ2v) is 5.98. The summed E-state index contributed by atoms with van der Waals surface area (Å²) in [4.78, 5) is 11.4. The monoisotopic (exact) mass is 338 g/mol. The third kappa shape index (κ3) is 4.98. The average Bonchev–Trinajstić information content (AvgIpc) is 2.61. The minimum Gasteiger partial charge on any atom is -0.504 e. The highest BCUT2D eigenvalue weighted by Crippen LogP contribution is 2.32. The number of methoxy groups -OCH3 is 1. The average molecular weight is 338 g/mol. The van der Waals surface area contributed by atoms with Crippen molar-refractivity contribution in [1.82, 2.24) is 0 Å². The van der Waals surface area contributed by atoms with Crippen LogP contribution >= 0.6 is 0 Å². The Morgan fingerprint density at radius 1 is 1.04 bits per heavy atom. The lowest BCUT2D eigenvalue weighted by atomic mass is 10.0. The van der Waals surface area contributed by atoms with Gasteiger partial charge in [0.15, 0.2) is 11.5 Å². The van der Waals surface area contributed by atoms with Crippen molar-refractivity contribution in [2.75, 3.05) is 7.11 Å². The van der Waals surface area contributed by atoms with E-state index in [1.165, 1.54) is 13.2 Å². The van der Waals surface area contributed by atoms with Crippen molar-refractivity contribution in [3.8, 4) is 11.5 Å². The highest BCUT2D eigenvalue weighted by atomic mass is 16.5. The number of allylic oxidation sites excluding steroid dienone is 2. The van der Waals surface area contributed by atoms with Gasteiger partial charge >= 0.3 is 5.97 Å². The number of hydrogen-bond acceptors (Lipinski definition) is 4. The second kappa shape index (κ2) is 8.20. The molecule has 0 unspecified atom stereocenters. The van der Waals surface area contributed by atoms with Gasteiger partial charge in [-0.05, 0) is 55.7 Å². The third-order valence-electron chi connectivity index (χ3n) is 3.72. The molecule has 0 amide bonds. The molecule has 0 saturated carbocycles.